The van der Waals surface area contributed by atoms with Crippen LogP contribution in [0.2, 0.25) is 0 Å². The molecular weight excluding hydrogens is 401 g/mol. The molecule has 0 bridgehead atoms. The Hall–Kier alpha value is -2.69. The average Bonchev–Trinajstić information content (AvgIpc) is 3.16. The van der Waals surface area contributed by atoms with Gasteiger partial charge in [-0.1, -0.05) is 76.1 Å². The zero-order chi connectivity index (χ0) is 22.6. The van der Waals surface area contributed by atoms with Gasteiger partial charge in [0.15, 0.2) is 0 Å². The average molecular weight is 438 g/mol. The standard InChI is InChI=1S/C27H36FN3O/c1-2-3-4-5-6-7-8-13-21-31-25-18-12-11-17-24(25)30-26(31)19-14-20-29-27(32)22-15-9-10-16-23(22)28/h9-12,15-18H,2-8,13-14,19-21H2,1H3,(H,29,32). The number of rotatable bonds is 14. The number of amides is 1. The van der Waals surface area contributed by atoms with Crippen LogP contribution in [-0.4, -0.2) is 22.0 Å². The lowest BCUT2D eigenvalue weighted by molar-refractivity contribution is 0.0949. The van der Waals surface area contributed by atoms with Crippen molar-refractivity contribution in [2.24, 2.45) is 0 Å². The summed E-state index contributed by atoms with van der Waals surface area (Å²) < 4.78 is 16.1. The van der Waals surface area contributed by atoms with Gasteiger partial charge in [-0.15, -0.1) is 0 Å². The third-order valence-corrected chi connectivity index (χ3v) is 5.95. The molecule has 172 valence electrons. The fourth-order valence-electron chi connectivity index (χ4n) is 4.16. The normalized spacial score (nSPS) is 11.2. The molecule has 1 aromatic heterocycles. The molecule has 0 radical (unpaired) electrons. The van der Waals surface area contributed by atoms with Crippen molar-refractivity contribution in [3.05, 3.63) is 65.7 Å². The minimum Gasteiger partial charge on any atom is -0.352 e. The van der Waals surface area contributed by atoms with Crippen LogP contribution in [0.4, 0.5) is 4.39 Å². The molecule has 3 aromatic rings. The van der Waals surface area contributed by atoms with Crippen LogP contribution in [-0.2, 0) is 13.0 Å². The molecule has 2 aromatic carbocycles. The number of benzene rings is 2. The van der Waals surface area contributed by atoms with Crippen molar-refractivity contribution in [3.8, 4) is 0 Å². The maximum Gasteiger partial charge on any atom is 0.254 e. The maximum absolute atomic E-state index is 13.8. The molecule has 0 atom stereocenters. The summed E-state index contributed by atoms with van der Waals surface area (Å²) in [4.78, 5) is 17.0. The van der Waals surface area contributed by atoms with E-state index in [4.69, 9.17) is 4.98 Å². The van der Waals surface area contributed by atoms with Gasteiger partial charge in [0.25, 0.3) is 5.91 Å². The van der Waals surface area contributed by atoms with Crippen LogP contribution in [0, 0.1) is 5.82 Å². The van der Waals surface area contributed by atoms with Gasteiger partial charge in [-0.2, -0.15) is 0 Å². The quantitative estimate of drug-likeness (QED) is 0.286. The van der Waals surface area contributed by atoms with Gasteiger partial charge in [0.2, 0.25) is 0 Å². The van der Waals surface area contributed by atoms with Gasteiger partial charge in [-0.3, -0.25) is 4.79 Å². The molecule has 0 saturated carbocycles. The highest BCUT2D eigenvalue weighted by Gasteiger charge is 2.12. The van der Waals surface area contributed by atoms with E-state index in [9.17, 15) is 9.18 Å². The molecule has 32 heavy (non-hydrogen) atoms. The predicted octanol–water partition coefficient (Wildman–Crippen LogP) is 6.68. The largest absolute Gasteiger partial charge is 0.352 e. The highest BCUT2D eigenvalue weighted by molar-refractivity contribution is 5.94. The molecule has 0 aliphatic rings. The lowest BCUT2D eigenvalue weighted by atomic mass is 10.1. The van der Waals surface area contributed by atoms with Gasteiger partial charge in [0.1, 0.15) is 11.6 Å². The molecule has 0 fully saturated rings. The van der Waals surface area contributed by atoms with E-state index >= 15 is 0 Å². The summed E-state index contributed by atoms with van der Waals surface area (Å²) in [7, 11) is 0. The summed E-state index contributed by atoms with van der Waals surface area (Å²) >= 11 is 0. The van der Waals surface area contributed by atoms with Crippen molar-refractivity contribution in [1.82, 2.24) is 14.9 Å². The maximum atomic E-state index is 13.8. The van der Waals surface area contributed by atoms with E-state index in [1.807, 2.05) is 6.07 Å². The number of halogens is 1. The Morgan fingerprint density at radius 1 is 0.906 bits per heavy atom. The molecular formula is C27H36FN3O. The number of hydrogen-bond donors (Lipinski definition) is 1. The van der Waals surface area contributed by atoms with Gasteiger partial charge in [-0.25, -0.2) is 9.37 Å². The highest BCUT2D eigenvalue weighted by Crippen LogP contribution is 2.19. The number of fused-ring (bicyclic) bond motifs is 1. The number of unbranched alkanes of at least 4 members (excludes halogenated alkanes) is 7. The van der Waals surface area contributed by atoms with E-state index in [1.54, 1.807) is 12.1 Å². The number of para-hydroxylation sites is 2. The van der Waals surface area contributed by atoms with Crippen LogP contribution < -0.4 is 5.32 Å². The Balaban J connectivity index is 1.49. The van der Waals surface area contributed by atoms with Gasteiger partial charge in [0, 0.05) is 19.5 Å². The number of nitrogens with one attached hydrogen (secondary N) is 1. The summed E-state index contributed by atoms with van der Waals surface area (Å²) in [6.07, 6.45) is 11.9. The summed E-state index contributed by atoms with van der Waals surface area (Å²) in [5, 5.41) is 2.83. The van der Waals surface area contributed by atoms with Gasteiger partial charge >= 0.3 is 0 Å². The Bertz CT molecular complexity index is 982. The molecule has 5 heteroatoms. The summed E-state index contributed by atoms with van der Waals surface area (Å²) in [6.45, 7) is 3.73. The van der Waals surface area contributed by atoms with Crippen molar-refractivity contribution >= 4 is 16.9 Å². The Labute approximate surface area is 191 Å². The lowest BCUT2D eigenvalue weighted by Gasteiger charge is -2.10. The zero-order valence-corrected chi connectivity index (χ0v) is 19.3. The fraction of sp³-hybridized carbons (Fsp3) is 0.481. The number of aryl methyl sites for hydroxylation is 2. The molecule has 3 rings (SSSR count). The van der Waals surface area contributed by atoms with E-state index < -0.39 is 5.82 Å². The number of carbonyl (C=O) groups is 1. The molecule has 4 nitrogen and oxygen atoms in total. The first kappa shape index (κ1) is 24.0. The number of nitrogens with zero attached hydrogens (tertiary/aromatic N) is 2. The van der Waals surface area contributed by atoms with Crippen LogP contribution >= 0.6 is 0 Å². The monoisotopic (exact) mass is 437 g/mol. The van der Waals surface area contributed by atoms with Crippen molar-refractivity contribution in [2.75, 3.05) is 6.54 Å². The lowest BCUT2D eigenvalue weighted by Crippen LogP contribution is -2.25. The first-order chi connectivity index (χ1) is 15.7. The summed E-state index contributed by atoms with van der Waals surface area (Å²) in [5.74, 6) is 0.210. The van der Waals surface area contributed by atoms with Crippen LogP contribution in [0.3, 0.4) is 0 Å². The second-order valence-electron chi connectivity index (χ2n) is 8.48. The second-order valence-corrected chi connectivity index (χ2v) is 8.48. The second kappa shape index (κ2) is 13.0. The van der Waals surface area contributed by atoms with Crippen LogP contribution in [0.15, 0.2) is 48.5 Å². The van der Waals surface area contributed by atoms with Crippen LogP contribution in [0.1, 0.15) is 80.9 Å². The highest BCUT2D eigenvalue weighted by atomic mass is 19.1. The number of hydrogen-bond acceptors (Lipinski definition) is 2. The molecule has 0 aliphatic heterocycles. The molecule has 0 aliphatic carbocycles. The molecule has 0 unspecified atom stereocenters. The van der Waals surface area contributed by atoms with Crippen LogP contribution in [0.25, 0.3) is 11.0 Å². The summed E-state index contributed by atoms with van der Waals surface area (Å²) in [6, 6.07) is 14.4. The SMILES string of the molecule is CCCCCCCCCCn1c(CCCNC(=O)c2ccccc2F)nc2ccccc21. The van der Waals surface area contributed by atoms with Gasteiger partial charge in [-0.05, 0) is 37.1 Å². The van der Waals surface area contributed by atoms with Gasteiger partial charge in [0.05, 0.1) is 16.6 Å². The minimum atomic E-state index is -0.489. The van der Waals surface area contributed by atoms with Crippen LogP contribution in [0.5, 0.6) is 0 Å². The van der Waals surface area contributed by atoms with E-state index in [1.165, 1.54) is 62.6 Å². The molecule has 1 heterocycles. The van der Waals surface area contributed by atoms with Gasteiger partial charge < -0.3 is 9.88 Å². The van der Waals surface area contributed by atoms with Crippen molar-refractivity contribution < 1.29 is 9.18 Å². The minimum absolute atomic E-state index is 0.0921. The van der Waals surface area contributed by atoms with E-state index in [2.05, 4.69) is 35.0 Å². The zero-order valence-electron chi connectivity index (χ0n) is 19.3. The van der Waals surface area contributed by atoms with Crippen molar-refractivity contribution in [3.63, 3.8) is 0 Å². The predicted molar refractivity (Wildman–Crippen MR) is 129 cm³/mol. The first-order valence-electron chi connectivity index (χ1n) is 12.2. The molecule has 0 spiro atoms. The first-order valence-corrected chi connectivity index (χ1v) is 12.2. The third kappa shape index (κ3) is 6.91. The third-order valence-electron chi connectivity index (χ3n) is 5.95. The van der Waals surface area contributed by atoms with Crippen molar-refractivity contribution in [2.45, 2.75) is 77.7 Å². The number of aromatic nitrogens is 2. The Kier molecular flexibility index (Phi) is 9.73. The summed E-state index contributed by atoms with van der Waals surface area (Å²) in [5.41, 5.74) is 2.30. The molecule has 0 saturated heterocycles. The molecule has 1 amide bonds. The van der Waals surface area contributed by atoms with E-state index in [-0.39, 0.29) is 11.5 Å². The Morgan fingerprint density at radius 2 is 1.59 bits per heavy atom. The Morgan fingerprint density at radius 3 is 2.38 bits per heavy atom. The fourth-order valence-corrected chi connectivity index (χ4v) is 4.16. The number of imidazole rings is 1. The smallest absolute Gasteiger partial charge is 0.254 e. The van der Waals surface area contributed by atoms with E-state index in [0.717, 1.165) is 37.1 Å². The van der Waals surface area contributed by atoms with Crippen molar-refractivity contribution in [1.29, 1.82) is 0 Å². The van der Waals surface area contributed by atoms with E-state index in [0.29, 0.717) is 6.54 Å². The molecule has 1 N–H and O–H groups in total. The number of carbonyl (C=O) groups excluding carboxylic acids is 1. The topological polar surface area (TPSA) is 46.9 Å².